The topological polar surface area (TPSA) is 18.5 Å². The Morgan fingerprint density at radius 2 is 1.00 bits per heavy atom. The van der Waals surface area contributed by atoms with Crippen LogP contribution in [0.5, 0.6) is 0 Å². The number of hydrogen-bond acceptors (Lipinski definition) is 2. The Morgan fingerprint density at radius 1 is 0.682 bits per heavy atom. The van der Waals surface area contributed by atoms with Crippen LogP contribution in [0.15, 0.2) is 24.3 Å². The Labute approximate surface area is 138 Å². The quantitative estimate of drug-likeness (QED) is 0.481. The maximum Gasteiger partial charge on any atom is 0.0952 e. The van der Waals surface area contributed by atoms with Gasteiger partial charge in [-0.2, -0.15) is 0 Å². The van der Waals surface area contributed by atoms with Crippen molar-refractivity contribution in [2.75, 3.05) is 0 Å². The SMILES string of the molecule is CC(C)(C)OOC(C)(C)C.CCCc1ccccc1CCC. The highest BCUT2D eigenvalue weighted by Gasteiger charge is 2.18. The summed E-state index contributed by atoms with van der Waals surface area (Å²) in [6.45, 7) is 16.2. The van der Waals surface area contributed by atoms with Crippen molar-refractivity contribution in [3.63, 3.8) is 0 Å². The van der Waals surface area contributed by atoms with Gasteiger partial charge in [-0.05, 0) is 65.5 Å². The van der Waals surface area contributed by atoms with Gasteiger partial charge in [0.05, 0.1) is 11.2 Å². The zero-order chi connectivity index (χ0) is 17.2. The number of aryl methyl sites for hydroxylation is 2. The molecule has 2 nitrogen and oxygen atoms in total. The van der Waals surface area contributed by atoms with Crippen molar-refractivity contribution in [2.45, 2.75) is 92.3 Å². The molecule has 0 unspecified atom stereocenters. The summed E-state index contributed by atoms with van der Waals surface area (Å²) >= 11 is 0. The molecule has 0 aliphatic heterocycles. The average molecular weight is 309 g/mol. The molecule has 0 atom stereocenters. The highest BCUT2D eigenvalue weighted by Crippen LogP contribution is 2.14. The van der Waals surface area contributed by atoms with Crippen LogP contribution in [0.2, 0.25) is 0 Å². The Morgan fingerprint density at radius 3 is 1.23 bits per heavy atom. The van der Waals surface area contributed by atoms with Gasteiger partial charge in [-0.15, -0.1) is 0 Å². The van der Waals surface area contributed by atoms with Gasteiger partial charge in [0.1, 0.15) is 0 Å². The molecule has 0 fully saturated rings. The first kappa shape index (κ1) is 21.1. The second kappa shape index (κ2) is 10.0. The van der Waals surface area contributed by atoms with Gasteiger partial charge < -0.3 is 0 Å². The van der Waals surface area contributed by atoms with Crippen LogP contribution >= 0.6 is 0 Å². The summed E-state index contributed by atoms with van der Waals surface area (Å²) in [6, 6.07) is 8.80. The monoisotopic (exact) mass is 308 g/mol. The highest BCUT2D eigenvalue weighted by molar-refractivity contribution is 5.27. The summed E-state index contributed by atoms with van der Waals surface area (Å²) in [5.74, 6) is 0. The minimum atomic E-state index is -0.215. The molecule has 1 aromatic rings. The lowest BCUT2D eigenvalue weighted by atomic mass is 10.00. The number of hydrogen-bond donors (Lipinski definition) is 0. The van der Waals surface area contributed by atoms with Crippen molar-refractivity contribution in [1.82, 2.24) is 0 Å². The lowest BCUT2D eigenvalue weighted by Gasteiger charge is -2.24. The molecule has 0 heterocycles. The zero-order valence-corrected chi connectivity index (χ0v) is 16.0. The van der Waals surface area contributed by atoms with E-state index in [9.17, 15) is 0 Å². The predicted molar refractivity (Wildman–Crippen MR) is 96.1 cm³/mol. The third-order valence-corrected chi connectivity index (χ3v) is 2.70. The van der Waals surface area contributed by atoms with Gasteiger partial charge in [0.2, 0.25) is 0 Å². The second-order valence-electron chi connectivity index (χ2n) is 7.66. The van der Waals surface area contributed by atoms with Crippen molar-refractivity contribution in [2.24, 2.45) is 0 Å². The lowest BCUT2D eigenvalue weighted by molar-refractivity contribution is -0.393. The van der Waals surface area contributed by atoms with E-state index < -0.39 is 0 Å². The smallest absolute Gasteiger partial charge is 0.0952 e. The molecule has 0 spiro atoms. The van der Waals surface area contributed by atoms with Gasteiger partial charge in [-0.3, -0.25) is 0 Å². The van der Waals surface area contributed by atoms with Crippen LogP contribution in [0.3, 0.4) is 0 Å². The number of benzene rings is 1. The van der Waals surface area contributed by atoms with E-state index in [1.807, 2.05) is 41.5 Å². The summed E-state index contributed by atoms with van der Waals surface area (Å²) in [6.07, 6.45) is 4.97. The molecule has 0 radical (unpaired) electrons. The molecule has 0 saturated heterocycles. The molecule has 1 rings (SSSR count). The number of rotatable bonds is 5. The van der Waals surface area contributed by atoms with E-state index in [0.29, 0.717) is 0 Å². The first-order valence-corrected chi connectivity index (χ1v) is 8.52. The van der Waals surface area contributed by atoms with Crippen molar-refractivity contribution < 1.29 is 9.78 Å². The Balaban J connectivity index is 0.000000409. The van der Waals surface area contributed by atoms with Crippen molar-refractivity contribution in [3.05, 3.63) is 35.4 Å². The summed E-state index contributed by atoms with van der Waals surface area (Å²) < 4.78 is 0. The van der Waals surface area contributed by atoms with Crippen LogP contribution in [-0.4, -0.2) is 11.2 Å². The van der Waals surface area contributed by atoms with E-state index in [0.717, 1.165) is 0 Å². The highest BCUT2D eigenvalue weighted by atomic mass is 17.2. The molecule has 2 heteroatoms. The molecular weight excluding hydrogens is 272 g/mol. The van der Waals surface area contributed by atoms with E-state index in [1.54, 1.807) is 11.1 Å². The minimum Gasteiger partial charge on any atom is -0.230 e. The summed E-state index contributed by atoms with van der Waals surface area (Å²) in [5, 5.41) is 0. The molecule has 0 amide bonds. The molecule has 0 bridgehead atoms. The maximum absolute atomic E-state index is 5.09. The van der Waals surface area contributed by atoms with Crippen LogP contribution in [0.1, 0.15) is 79.4 Å². The van der Waals surface area contributed by atoms with E-state index in [1.165, 1.54) is 25.7 Å². The van der Waals surface area contributed by atoms with Gasteiger partial charge in [0.15, 0.2) is 0 Å². The van der Waals surface area contributed by atoms with E-state index in [-0.39, 0.29) is 11.2 Å². The largest absolute Gasteiger partial charge is 0.230 e. The first-order valence-electron chi connectivity index (χ1n) is 8.52. The van der Waals surface area contributed by atoms with Crippen LogP contribution < -0.4 is 0 Å². The van der Waals surface area contributed by atoms with Gasteiger partial charge >= 0.3 is 0 Å². The van der Waals surface area contributed by atoms with Crippen LogP contribution in [0.4, 0.5) is 0 Å². The Hall–Kier alpha value is -0.860. The molecule has 0 saturated carbocycles. The third-order valence-electron chi connectivity index (χ3n) is 2.70. The molecule has 0 N–H and O–H groups in total. The summed E-state index contributed by atoms with van der Waals surface area (Å²) in [4.78, 5) is 10.2. The van der Waals surface area contributed by atoms with E-state index in [4.69, 9.17) is 9.78 Å². The molecule has 0 aliphatic rings. The third kappa shape index (κ3) is 11.8. The second-order valence-corrected chi connectivity index (χ2v) is 7.66. The van der Waals surface area contributed by atoms with Crippen LogP contribution in [0, 0.1) is 0 Å². The van der Waals surface area contributed by atoms with Gasteiger partial charge in [-0.25, -0.2) is 9.78 Å². The average Bonchev–Trinajstić information content (AvgIpc) is 2.39. The molecule has 128 valence electrons. The van der Waals surface area contributed by atoms with Gasteiger partial charge in [0, 0.05) is 0 Å². The molecule has 1 aromatic carbocycles. The molecule has 0 aliphatic carbocycles. The van der Waals surface area contributed by atoms with Crippen molar-refractivity contribution in [1.29, 1.82) is 0 Å². The van der Waals surface area contributed by atoms with E-state index in [2.05, 4.69) is 38.1 Å². The van der Waals surface area contributed by atoms with Crippen molar-refractivity contribution >= 4 is 0 Å². The zero-order valence-electron chi connectivity index (χ0n) is 16.0. The van der Waals surface area contributed by atoms with Crippen LogP contribution in [-0.2, 0) is 22.6 Å². The lowest BCUT2D eigenvalue weighted by Crippen LogP contribution is -2.27. The summed E-state index contributed by atoms with van der Waals surface area (Å²) in [7, 11) is 0. The normalized spacial score (nSPS) is 11.8. The van der Waals surface area contributed by atoms with Gasteiger partial charge in [0.25, 0.3) is 0 Å². The minimum absolute atomic E-state index is 0.215. The molecular formula is C20H36O2. The molecule has 0 aromatic heterocycles. The van der Waals surface area contributed by atoms with E-state index >= 15 is 0 Å². The van der Waals surface area contributed by atoms with Crippen LogP contribution in [0.25, 0.3) is 0 Å². The maximum atomic E-state index is 5.09. The fourth-order valence-electron chi connectivity index (χ4n) is 1.83. The first-order chi connectivity index (χ1) is 10.1. The molecule has 22 heavy (non-hydrogen) atoms. The fraction of sp³-hybridized carbons (Fsp3) is 0.700. The van der Waals surface area contributed by atoms with Crippen molar-refractivity contribution in [3.8, 4) is 0 Å². The predicted octanol–water partition coefficient (Wildman–Crippen LogP) is 6.12. The Bertz CT molecular complexity index is 358. The Kier molecular flexibility index (Phi) is 9.63. The standard InChI is InChI=1S/C12H18.C8H18O2/c1-3-7-11-9-5-6-10-12(11)8-4-2;1-7(2,3)9-10-8(4,5)6/h5-6,9-10H,3-4,7-8H2,1-2H3;1-6H3. The summed E-state index contributed by atoms with van der Waals surface area (Å²) in [5.41, 5.74) is 2.66. The van der Waals surface area contributed by atoms with Gasteiger partial charge in [-0.1, -0.05) is 51.0 Å². The fourth-order valence-corrected chi connectivity index (χ4v) is 1.83.